The van der Waals surface area contributed by atoms with E-state index in [1.165, 1.54) is 0 Å². The first kappa shape index (κ1) is 20.6. The molecule has 132 valence electrons. The number of hydrogen-bond donors (Lipinski definition) is 0. The number of ether oxygens (including phenoxy) is 1. The van der Waals surface area contributed by atoms with Crippen LogP contribution in [0.25, 0.3) is 0 Å². The van der Waals surface area contributed by atoms with Gasteiger partial charge in [-0.15, -0.1) is 0 Å². The summed E-state index contributed by atoms with van der Waals surface area (Å²) in [6.45, 7) is 14.7. The SMILES string of the molecule is C[Si]1(C)O[Si](C)(C)O[Si](C)(CCCOCCF)O[Si](C)(C)O1. The number of rotatable bonds is 6. The van der Waals surface area contributed by atoms with Crippen molar-refractivity contribution in [1.82, 2.24) is 0 Å². The van der Waals surface area contributed by atoms with Crippen LogP contribution in [-0.4, -0.2) is 54.1 Å². The first-order chi connectivity index (χ1) is 9.89. The van der Waals surface area contributed by atoms with Gasteiger partial charge in [0.05, 0.1) is 6.61 Å². The Morgan fingerprint density at radius 3 is 1.64 bits per heavy atom. The molecule has 0 bridgehead atoms. The average Bonchev–Trinajstić information content (AvgIpc) is 2.21. The molecule has 0 spiro atoms. The highest BCUT2D eigenvalue weighted by Crippen LogP contribution is 2.32. The lowest BCUT2D eigenvalue weighted by Gasteiger charge is -2.47. The Bertz CT molecular complexity index is 345. The molecule has 0 atom stereocenters. The van der Waals surface area contributed by atoms with Crippen LogP contribution in [-0.2, 0) is 21.2 Å². The zero-order valence-electron chi connectivity index (χ0n) is 15.0. The standard InChI is InChI=1S/C12H31FO5Si4/c1-19(2)15-20(3,4)17-22(7,18-21(5,6)16-19)12-8-10-14-11-9-13/h8-12H2,1-7H3. The van der Waals surface area contributed by atoms with Crippen molar-refractivity contribution in [2.45, 2.75) is 58.3 Å². The lowest BCUT2D eigenvalue weighted by atomic mass is 10.5. The van der Waals surface area contributed by atoms with E-state index in [1.807, 2.05) is 0 Å². The first-order valence-corrected chi connectivity index (χ1v) is 18.8. The fourth-order valence-corrected chi connectivity index (χ4v) is 24.6. The molecule has 1 aliphatic heterocycles. The molecule has 10 heteroatoms. The van der Waals surface area contributed by atoms with Gasteiger partial charge < -0.3 is 21.2 Å². The van der Waals surface area contributed by atoms with Gasteiger partial charge in [0.15, 0.2) is 0 Å². The van der Waals surface area contributed by atoms with Crippen molar-refractivity contribution < 1.29 is 25.6 Å². The quantitative estimate of drug-likeness (QED) is 0.515. The van der Waals surface area contributed by atoms with Gasteiger partial charge in [-0.3, -0.25) is 0 Å². The van der Waals surface area contributed by atoms with Gasteiger partial charge in [-0.25, -0.2) is 4.39 Å². The predicted octanol–water partition coefficient (Wildman–Crippen LogP) is 3.62. The Kier molecular flexibility index (Phi) is 7.18. The van der Waals surface area contributed by atoms with Crippen LogP contribution in [0.1, 0.15) is 6.42 Å². The minimum Gasteiger partial charge on any atom is -0.416 e. The maximum Gasteiger partial charge on any atom is 0.317 e. The van der Waals surface area contributed by atoms with Gasteiger partial charge in [-0.1, -0.05) is 0 Å². The molecule has 0 aromatic heterocycles. The summed E-state index contributed by atoms with van der Waals surface area (Å²) in [6.07, 6.45) is 0.804. The van der Waals surface area contributed by atoms with Gasteiger partial charge in [0, 0.05) is 6.61 Å². The van der Waals surface area contributed by atoms with Crippen LogP contribution in [0.3, 0.4) is 0 Å². The molecule has 0 radical (unpaired) electrons. The fraction of sp³-hybridized carbons (Fsp3) is 1.00. The van der Waals surface area contributed by atoms with Crippen molar-refractivity contribution in [3.63, 3.8) is 0 Å². The highest BCUT2D eigenvalue weighted by atomic mass is 28.5. The molecule has 1 aliphatic rings. The van der Waals surface area contributed by atoms with Crippen LogP contribution in [0, 0.1) is 0 Å². The fourth-order valence-electron chi connectivity index (χ4n) is 3.06. The summed E-state index contributed by atoms with van der Waals surface area (Å²) in [4.78, 5) is 0. The summed E-state index contributed by atoms with van der Waals surface area (Å²) in [7, 11) is -9.19. The van der Waals surface area contributed by atoms with Crippen molar-refractivity contribution in [3.8, 4) is 0 Å². The van der Waals surface area contributed by atoms with Crippen molar-refractivity contribution in [3.05, 3.63) is 0 Å². The smallest absolute Gasteiger partial charge is 0.317 e. The summed E-state index contributed by atoms with van der Waals surface area (Å²) in [6, 6.07) is 0.806. The zero-order chi connectivity index (χ0) is 17.1. The lowest BCUT2D eigenvalue weighted by molar-refractivity contribution is 0.118. The van der Waals surface area contributed by atoms with E-state index in [9.17, 15) is 4.39 Å². The molecule has 1 rings (SSSR count). The molecular formula is C12H31FO5Si4. The van der Waals surface area contributed by atoms with E-state index < -0.39 is 40.9 Å². The van der Waals surface area contributed by atoms with E-state index in [-0.39, 0.29) is 6.61 Å². The second-order valence-corrected chi connectivity index (χ2v) is 21.6. The number of hydrogen-bond acceptors (Lipinski definition) is 5. The molecule has 0 N–H and O–H groups in total. The molecule has 22 heavy (non-hydrogen) atoms. The topological polar surface area (TPSA) is 46.2 Å². The maximum absolute atomic E-state index is 12.0. The zero-order valence-corrected chi connectivity index (χ0v) is 19.0. The van der Waals surface area contributed by atoms with E-state index in [2.05, 4.69) is 45.8 Å². The summed E-state index contributed by atoms with van der Waals surface area (Å²) in [5.41, 5.74) is 0. The molecular weight excluding hydrogens is 355 g/mol. The van der Waals surface area contributed by atoms with Crippen molar-refractivity contribution in [2.24, 2.45) is 0 Å². The minimum absolute atomic E-state index is 0.159. The highest BCUT2D eigenvalue weighted by molar-refractivity contribution is 6.93. The normalized spacial score (nSPS) is 26.2. The van der Waals surface area contributed by atoms with Crippen LogP contribution in [0.2, 0.25) is 51.9 Å². The van der Waals surface area contributed by atoms with Gasteiger partial charge >= 0.3 is 34.2 Å². The van der Waals surface area contributed by atoms with Gasteiger partial charge in [-0.05, 0) is 58.3 Å². The molecule has 1 saturated heterocycles. The number of alkyl halides is 1. The second-order valence-electron chi connectivity index (χ2n) is 7.15. The van der Waals surface area contributed by atoms with E-state index in [0.717, 1.165) is 12.5 Å². The van der Waals surface area contributed by atoms with Crippen LogP contribution in [0.15, 0.2) is 0 Å². The summed E-state index contributed by atoms with van der Waals surface area (Å²) in [5.74, 6) is 0. The largest absolute Gasteiger partial charge is 0.416 e. The lowest BCUT2D eigenvalue weighted by Crippen LogP contribution is -2.65. The molecule has 5 nitrogen and oxygen atoms in total. The highest BCUT2D eigenvalue weighted by Gasteiger charge is 2.52. The van der Waals surface area contributed by atoms with E-state index >= 15 is 0 Å². The van der Waals surface area contributed by atoms with Crippen LogP contribution in [0.4, 0.5) is 4.39 Å². The molecule has 0 aliphatic carbocycles. The Labute approximate surface area is 138 Å². The third-order valence-corrected chi connectivity index (χ3v) is 19.6. The molecule has 0 aromatic carbocycles. The van der Waals surface area contributed by atoms with E-state index in [0.29, 0.717) is 6.61 Å². The summed E-state index contributed by atoms with van der Waals surface area (Å²) >= 11 is 0. The molecule has 1 fully saturated rings. The molecule has 0 aromatic rings. The second kappa shape index (κ2) is 7.65. The van der Waals surface area contributed by atoms with E-state index in [4.69, 9.17) is 21.2 Å². The van der Waals surface area contributed by atoms with Crippen LogP contribution in [0.5, 0.6) is 0 Å². The molecule has 1 heterocycles. The molecule has 0 amide bonds. The van der Waals surface area contributed by atoms with Gasteiger partial charge in [0.25, 0.3) is 0 Å². The summed E-state index contributed by atoms with van der Waals surface area (Å²) in [5, 5.41) is 0. The minimum atomic E-state index is -2.39. The van der Waals surface area contributed by atoms with E-state index in [1.54, 1.807) is 0 Å². The van der Waals surface area contributed by atoms with Crippen molar-refractivity contribution in [2.75, 3.05) is 19.9 Å². The van der Waals surface area contributed by atoms with Gasteiger partial charge in [0.1, 0.15) is 6.67 Å². The van der Waals surface area contributed by atoms with Crippen LogP contribution < -0.4 is 0 Å². The first-order valence-electron chi connectivity index (χ1n) is 7.83. The Hall–Kier alpha value is 0.598. The predicted molar refractivity (Wildman–Crippen MR) is 94.6 cm³/mol. The van der Waals surface area contributed by atoms with Gasteiger partial charge in [-0.2, -0.15) is 0 Å². The maximum atomic E-state index is 12.0. The molecule has 0 unspecified atom stereocenters. The third kappa shape index (κ3) is 7.44. The van der Waals surface area contributed by atoms with Gasteiger partial charge in [0.2, 0.25) is 0 Å². The monoisotopic (exact) mass is 386 g/mol. The Morgan fingerprint density at radius 2 is 1.18 bits per heavy atom. The average molecular weight is 387 g/mol. The number of halogens is 1. The van der Waals surface area contributed by atoms with Crippen molar-refractivity contribution in [1.29, 1.82) is 0 Å². The molecule has 0 saturated carbocycles. The Balaban J connectivity index is 2.75. The summed E-state index contributed by atoms with van der Waals surface area (Å²) < 4.78 is 42.7. The third-order valence-electron chi connectivity index (χ3n) is 3.05. The van der Waals surface area contributed by atoms with Crippen molar-refractivity contribution >= 4 is 34.2 Å². The van der Waals surface area contributed by atoms with Crippen LogP contribution >= 0.6 is 0 Å². The Morgan fingerprint density at radius 1 is 0.727 bits per heavy atom.